The Balaban J connectivity index is 2.86. The van der Waals surface area contributed by atoms with E-state index in [0.29, 0.717) is 11.9 Å². The van der Waals surface area contributed by atoms with Crippen molar-refractivity contribution in [3.63, 3.8) is 0 Å². The normalized spacial score (nSPS) is 10.5. The highest BCUT2D eigenvalue weighted by atomic mass is 15.2. The summed E-state index contributed by atoms with van der Waals surface area (Å²) in [5.41, 5.74) is 5.45. The molecule has 2 N–H and O–H groups in total. The minimum Gasteiger partial charge on any atom is -0.382 e. The number of nitrogen functional groups attached to an aromatic ring is 1. The summed E-state index contributed by atoms with van der Waals surface area (Å²) >= 11 is 0. The zero-order valence-electron chi connectivity index (χ0n) is 8.36. The molecule has 0 aliphatic carbocycles. The largest absolute Gasteiger partial charge is 0.382 e. The van der Waals surface area contributed by atoms with Gasteiger partial charge >= 0.3 is 0 Å². The SMILES string of the molecule is CCN(c1cnc(N)cn1)C(C)C. The van der Waals surface area contributed by atoms with Crippen molar-refractivity contribution in [2.45, 2.75) is 26.8 Å². The zero-order chi connectivity index (χ0) is 9.84. The van der Waals surface area contributed by atoms with Crippen molar-refractivity contribution in [3.05, 3.63) is 12.4 Å². The van der Waals surface area contributed by atoms with Crippen molar-refractivity contribution in [2.24, 2.45) is 0 Å². The molecule has 0 atom stereocenters. The molecule has 0 fully saturated rings. The van der Waals surface area contributed by atoms with Gasteiger partial charge in [0.05, 0.1) is 12.4 Å². The van der Waals surface area contributed by atoms with Gasteiger partial charge < -0.3 is 10.6 Å². The summed E-state index contributed by atoms with van der Waals surface area (Å²) in [6, 6.07) is 0.433. The molecule has 0 saturated heterocycles. The van der Waals surface area contributed by atoms with Gasteiger partial charge in [-0.1, -0.05) is 0 Å². The van der Waals surface area contributed by atoms with E-state index < -0.39 is 0 Å². The molecule has 1 heterocycles. The molecule has 0 aliphatic rings. The fourth-order valence-corrected chi connectivity index (χ4v) is 1.27. The van der Waals surface area contributed by atoms with E-state index in [-0.39, 0.29) is 0 Å². The van der Waals surface area contributed by atoms with Gasteiger partial charge in [0.2, 0.25) is 0 Å². The lowest BCUT2D eigenvalue weighted by atomic mass is 10.3. The molecule has 0 radical (unpaired) electrons. The fraction of sp³-hybridized carbons (Fsp3) is 0.556. The first-order valence-corrected chi connectivity index (χ1v) is 4.49. The number of aromatic nitrogens is 2. The molecule has 0 unspecified atom stereocenters. The first-order chi connectivity index (χ1) is 6.15. The van der Waals surface area contributed by atoms with Gasteiger partial charge in [-0.05, 0) is 20.8 Å². The van der Waals surface area contributed by atoms with Crippen molar-refractivity contribution >= 4 is 11.6 Å². The van der Waals surface area contributed by atoms with Crippen LogP contribution in [0, 0.1) is 0 Å². The second-order valence-corrected chi connectivity index (χ2v) is 3.18. The third kappa shape index (κ3) is 2.31. The maximum atomic E-state index is 5.45. The van der Waals surface area contributed by atoms with E-state index in [9.17, 15) is 0 Å². The predicted molar refractivity (Wildman–Crippen MR) is 54.6 cm³/mol. The van der Waals surface area contributed by atoms with Crippen LogP contribution in [0.5, 0.6) is 0 Å². The molecular formula is C9H16N4. The summed E-state index contributed by atoms with van der Waals surface area (Å²) in [6.07, 6.45) is 3.29. The van der Waals surface area contributed by atoms with Crippen LogP contribution in [0.15, 0.2) is 12.4 Å². The Morgan fingerprint density at radius 2 is 2.08 bits per heavy atom. The Bertz CT molecular complexity index is 255. The molecule has 0 aliphatic heterocycles. The van der Waals surface area contributed by atoms with Crippen molar-refractivity contribution in [1.29, 1.82) is 0 Å². The highest BCUT2D eigenvalue weighted by Crippen LogP contribution is 2.12. The lowest BCUT2D eigenvalue weighted by Crippen LogP contribution is -2.31. The summed E-state index contributed by atoms with van der Waals surface area (Å²) in [7, 11) is 0. The van der Waals surface area contributed by atoms with E-state index >= 15 is 0 Å². The molecule has 4 heteroatoms. The number of nitrogens with two attached hydrogens (primary N) is 1. The van der Waals surface area contributed by atoms with E-state index in [2.05, 4.69) is 35.6 Å². The molecule has 0 aromatic carbocycles. The minimum absolute atomic E-state index is 0.433. The van der Waals surface area contributed by atoms with Crippen LogP contribution in [-0.4, -0.2) is 22.6 Å². The molecule has 1 aromatic heterocycles. The molecule has 72 valence electrons. The van der Waals surface area contributed by atoms with Crippen LogP contribution in [-0.2, 0) is 0 Å². The van der Waals surface area contributed by atoms with E-state index in [1.54, 1.807) is 12.4 Å². The van der Waals surface area contributed by atoms with Crippen LogP contribution in [0.1, 0.15) is 20.8 Å². The summed E-state index contributed by atoms with van der Waals surface area (Å²) in [5, 5.41) is 0. The van der Waals surface area contributed by atoms with Crippen LogP contribution >= 0.6 is 0 Å². The first-order valence-electron chi connectivity index (χ1n) is 4.49. The van der Waals surface area contributed by atoms with Crippen molar-refractivity contribution < 1.29 is 0 Å². The minimum atomic E-state index is 0.433. The first kappa shape index (κ1) is 9.77. The van der Waals surface area contributed by atoms with Crippen LogP contribution in [0.25, 0.3) is 0 Å². The summed E-state index contributed by atoms with van der Waals surface area (Å²) in [5.74, 6) is 1.34. The molecule has 0 saturated carbocycles. The number of rotatable bonds is 3. The van der Waals surface area contributed by atoms with Gasteiger partial charge in [0, 0.05) is 12.6 Å². The Kier molecular flexibility index (Phi) is 3.06. The topological polar surface area (TPSA) is 55.0 Å². The number of anilines is 2. The average molecular weight is 180 g/mol. The standard InChI is InChI=1S/C9H16N4/c1-4-13(7(2)3)9-6-11-8(10)5-12-9/h5-7H,4H2,1-3H3,(H2,10,11). The van der Waals surface area contributed by atoms with Gasteiger partial charge in [-0.3, -0.25) is 0 Å². The smallest absolute Gasteiger partial charge is 0.147 e. The van der Waals surface area contributed by atoms with Crippen molar-refractivity contribution in [2.75, 3.05) is 17.2 Å². The maximum Gasteiger partial charge on any atom is 0.147 e. The fourth-order valence-electron chi connectivity index (χ4n) is 1.27. The molecule has 1 rings (SSSR count). The van der Waals surface area contributed by atoms with Gasteiger partial charge in [0.1, 0.15) is 11.6 Å². The molecular weight excluding hydrogens is 164 g/mol. The van der Waals surface area contributed by atoms with Crippen molar-refractivity contribution in [3.8, 4) is 0 Å². The zero-order valence-corrected chi connectivity index (χ0v) is 8.36. The molecule has 0 amide bonds. The van der Waals surface area contributed by atoms with Gasteiger partial charge in [-0.25, -0.2) is 9.97 Å². The third-order valence-corrected chi connectivity index (χ3v) is 1.92. The van der Waals surface area contributed by atoms with Gasteiger partial charge in [-0.2, -0.15) is 0 Å². The summed E-state index contributed by atoms with van der Waals surface area (Å²) in [4.78, 5) is 10.4. The highest BCUT2D eigenvalue weighted by molar-refractivity contribution is 5.39. The van der Waals surface area contributed by atoms with Crippen LogP contribution in [0.4, 0.5) is 11.6 Å². The quantitative estimate of drug-likeness (QED) is 0.761. The Hall–Kier alpha value is -1.32. The average Bonchev–Trinajstić information content (AvgIpc) is 2.09. The van der Waals surface area contributed by atoms with Crippen LogP contribution < -0.4 is 10.6 Å². The molecule has 0 bridgehead atoms. The monoisotopic (exact) mass is 180 g/mol. The van der Waals surface area contributed by atoms with E-state index in [1.807, 2.05) is 0 Å². The Labute approximate surface area is 78.8 Å². The predicted octanol–water partition coefficient (Wildman–Crippen LogP) is 1.29. The lowest BCUT2D eigenvalue weighted by Gasteiger charge is -2.25. The Morgan fingerprint density at radius 3 is 2.46 bits per heavy atom. The van der Waals surface area contributed by atoms with E-state index in [0.717, 1.165) is 12.4 Å². The third-order valence-electron chi connectivity index (χ3n) is 1.92. The summed E-state index contributed by atoms with van der Waals surface area (Å²) in [6.45, 7) is 7.28. The van der Waals surface area contributed by atoms with Crippen molar-refractivity contribution in [1.82, 2.24) is 9.97 Å². The highest BCUT2D eigenvalue weighted by Gasteiger charge is 2.08. The van der Waals surface area contributed by atoms with Gasteiger partial charge in [-0.15, -0.1) is 0 Å². The summed E-state index contributed by atoms with van der Waals surface area (Å²) < 4.78 is 0. The van der Waals surface area contributed by atoms with Gasteiger partial charge in [0.25, 0.3) is 0 Å². The molecule has 1 aromatic rings. The second-order valence-electron chi connectivity index (χ2n) is 3.18. The Morgan fingerprint density at radius 1 is 1.38 bits per heavy atom. The molecule has 4 nitrogen and oxygen atoms in total. The van der Waals surface area contributed by atoms with Gasteiger partial charge in [0.15, 0.2) is 0 Å². The maximum absolute atomic E-state index is 5.45. The van der Waals surface area contributed by atoms with E-state index in [4.69, 9.17) is 5.73 Å². The second kappa shape index (κ2) is 4.07. The number of nitrogens with zero attached hydrogens (tertiary/aromatic N) is 3. The number of hydrogen-bond acceptors (Lipinski definition) is 4. The van der Waals surface area contributed by atoms with Crippen LogP contribution in [0.2, 0.25) is 0 Å². The van der Waals surface area contributed by atoms with E-state index in [1.165, 1.54) is 0 Å². The van der Waals surface area contributed by atoms with Crippen LogP contribution in [0.3, 0.4) is 0 Å². The molecule has 13 heavy (non-hydrogen) atoms. The number of hydrogen-bond donors (Lipinski definition) is 1. The molecule has 0 spiro atoms. The lowest BCUT2D eigenvalue weighted by molar-refractivity contribution is 0.691.